The highest BCUT2D eigenvalue weighted by Crippen LogP contribution is 2.36. The average molecular weight is 353 g/mol. The van der Waals surface area contributed by atoms with Crippen molar-refractivity contribution < 1.29 is 4.79 Å². The summed E-state index contributed by atoms with van der Waals surface area (Å²) in [5, 5.41) is 0. The Morgan fingerprint density at radius 2 is 1.86 bits per heavy atom. The van der Waals surface area contributed by atoms with E-state index in [1.54, 1.807) is 0 Å². The van der Waals surface area contributed by atoms with Crippen LogP contribution in [0.15, 0.2) is 28.7 Å². The van der Waals surface area contributed by atoms with Crippen molar-refractivity contribution in [3.8, 4) is 0 Å². The predicted molar refractivity (Wildman–Crippen MR) is 89.8 cm³/mol. The fraction of sp³-hybridized carbons (Fsp3) is 0.588. The van der Waals surface area contributed by atoms with Crippen LogP contribution < -0.4 is 5.73 Å². The fourth-order valence-corrected chi connectivity index (χ4v) is 3.68. The van der Waals surface area contributed by atoms with Crippen LogP contribution in [-0.4, -0.2) is 24.4 Å². The van der Waals surface area contributed by atoms with Crippen LogP contribution in [0.25, 0.3) is 0 Å². The summed E-state index contributed by atoms with van der Waals surface area (Å²) in [6, 6.07) is 8.05. The van der Waals surface area contributed by atoms with E-state index in [2.05, 4.69) is 22.0 Å². The van der Waals surface area contributed by atoms with Gasteiger partial charge in [0.2, 0.25) is 5.91 Å². The molecule has 1 aliphatic rings. The number of benzene rings is 1. The second-order valence-electron chi connectivity index (χ2n) is 6.15. The molecule has 0 spiro atoms. The Balaban J connectivity index is 2.11. The van der Waals surface area contributed by atoms with E-state index in [1.165, 1.54) is 12.8 Å². The minimum absolute atomic E-state index is 0.211. The molecule has 2 rings (SSSR count). The van der Waals surface area contributed by atoms with E-state index in [-0.39, 0.29) is 11.3 Å². The maximum absolute atomic E-state index is 13.0. The molecular formula is C17H25BrN2O. The molecule has 1 aromatic rings. The molecule has 3 nitrogen and oxygen atoms in total. The van der Waals surface area contributed by atoms with Crippen molar-refractivity contribution in [2.24, 2.45) is 11.1 Å². The molecule has 0 atom stereocenters. The van der Waals surface area contributed by atoms with Crippen LogP contribution in [0, 0.1) is 5.41 Å². The van der Waals surface area contributed by atoms with Crippen molar-refractivity contribution in [1.82, 2.24) is 4.90 Å². The zero-order valence-corrected chi connectivity index (χ0v) is 14.4. The predicted octanol–water partition coefficient (Wildman–Crippen LogP) is 3.71. The van der Waals surface area contributed by atoms with E-state index in [9.17, 15) is 4.79 Å². The summed E-state index contributed by atoms with van der Waals surface area (Å²) in [4.78, 5) is 14.8. The molecule has 0 aromatic heterocycles. The number of hydrogen-bond acceptors (Lipinski definition) is 2. The molecule has 1 aliphatic carbocycles. The van der Waals surface area contributed by atoms with Gasteiger partial charge in [-0.1, -0.05) is 59.8 Å². The van der Waals surface area contributed by atoms with Crippen LogP contribution in [0.4, 0.5) is 0 Å². The Morgan fingerprint density at radius 1 is 1.24 bits per heavy atom. The molecule has 0 aliphatic heterocycles. The van der Waals surface area contributed by atoms with E-state index in [4.69, 9.17) is 5.73 Å². The van der Waals surface area contributed by atoms with Crippen LogP contribution in [-0.2, 0) is 11.3 Å². The second-order valence-corrected chi connectivity index (χ2v) is 7.01. The minimum Gasteiger partial charge on any atom is -0.341 e. The molecule has 0 heterocycles. The number of carbonyl (C=O) groups is 1. The van der Waals surface area contributed by atoms with Gasteiger partial charge in [-0.2, -0.15) is 0 Å². The summed E-state index contributed by atoms with van der Waals surface area (Å²) in [7, 11) is 1.89. The van der Waals surface area contributed by atoms with Gasteiger partial charge in [0.1, 0.15) is 0 Å². The number of hydrogen-bond donors (Lipinski definition) is 1. The van der Waals surface area contributed by atoms with Crippen molar-refractivity contribution in [3.05, 3.63) is 34.3 Å². The van der Waals surface area contributed by atoms with Gasteiger partial charge in [-0.15, -0.1) is 0 Å². The Kier molecular flexibility index (Phi) is 5.82. The molecule has 0 bridgehead atoms. The van der Waals surface area contributed by atoms with Crippen LogP contribution in [0.5, 0.6) is 0 Å². The highest BCUT2D eigenvalue weighted by atomic mass is 79.9. The molecule has 0 saturated heterocycles. The SMILES string of the molecule is CN(Cc1ccccc1Br)C(=O)C1(CN)CCCCCC1. The maximum atomic E-state index is 13.0. The molecular weight excluding hydrogens is 328 g/mol. The molecule has 2 N–H and O–H groups in total. The normalized spacial score (nSPS) is 18.0. The first-order valence-corrected chi connectivity index (χ1v) is 8.57. The summed E-state index contributed by atoms with van der Waals surface area (Å²) in [6.45, 7) is 1.09. The molecule has 116 valence electrons. The number of rotatable bonds is 4. The van der Waals surface area contributed by atoms with Crippen molar-refractivity contribution in [2.75, 3.05) is 13.6 Å². The zero-order chi connectivity index (χ0) is 15.3. The van der Waals surface area contributed by atoms with Crippen molar-refractivity contribution in [2.45, 2.75) is 45.1 Å². The van der Waals surface area contributed by atoms with Gasteiger partial charge in [-0.3, -0.25) is 4.79 Å². The first-order valence-electron chi connectivity index (χ1n) is 7.78. The second kappa shape index (κ2) is 7.41. The molecule has 1 fully saturated rings. The molecule has 0 radical (unpaired) electrons. The summed E-state index contributed by atoms with van der Waals surface area (Å²) < 4.78 is 1.05. The van der Waals surface area contributed by atoms with E-state index in [0.29, 0.717) is 13.1 Å². The minimum atomic E-state index is -0.341. The molecule has 1 saturated carbocycles. The lowest BCUT2D eigenvalue weighted by atomic mass is 9.79. The lowest BCUT2D eigenvalue weighted by Crippen LogP contribution is -2.46. The van der Waals surface area contributed by atoms with Crippen LogP contribution in [0.3, 0.4) is 0 Å². The molecule has 1 amide bonds. The third kappa shape index (κ3) is 3.86. The van der Waals surface area contributed by atoms with Crippen molar-refractivity contribution in [3.63, 3.8) is 0 Å². The van der Waals surface area contributed by atoms with Crippen LogP contribution in [0.1, 0.15) is 44.1 Å². The van der Waals surface area contributed by atoms with Gasteiger partial charge in [0, 0.05) is 24.6 Å². The monoisotopic (exact) mass is 352 g/mol. The average Bonchev–Trinajstić information content (AvgIpc) is 2.75. The van der Waals surface area contributed by atoms with E-state index >= 15 is 0 Å². The summed E-state index contributed by atoms with van der Waals surface area (Å²) >= 11 is 3.55. The number of halogens is 1. The Bertz CT molecular complexity index is 481. The fourth-order valence-electron chi connectivity index (χ4n) is 3.27. The summed E-state index contributed by atoms with van der Waals surface area (Å²) in [5.74, 6) is 0.211. The lowest BCUT2D eigenvalue weighted by Gasteiger charge is -2.34. The van der Waals surface area contributed by atoms with Crippen molar-refractivity contribution in [1.29, 1.82) is 0 Å². The Hall–Kier alpha value is -0.870. The Morgan fingerprint density at radius 3 is 2.43 bits per heavy atom. The first kappa shape index (κ1) is 16.5. The number of nitrogens with two attached hydrogens (primary N) is 1. The number of amides is 1. The van der Waals surface area contributed by atoms with Gasteiger partial charge >= 0.3 is 0 Å². The Labute approximate surface area is 136 Å². The molecule has 21 heavy (non-hydrogen) atoms. The maximum Gasteiger partial charge on any atom is 0.230 e. The van der Waals surface area contributed by atoms with Crippen LogP contribution >= 0.6 is 15.9 Å². The first-order chi connectivity index (χ1) is 10.1. The van der Waals surface area contributed by atoms with E-state index in [1.807, 2.05) is 30.1 Å². The van der Waals surface area contributed by atoms with Gasteiger partial charge in [0.15, 0.2) is 0 Å². The summed E-state index contributed by atoms with van der Waals surface area (Å²) in [6.07, 6.45) is 6.55. The van der Waals surface area contributed by atoms with Gasteiger partial charge in [-0.05, 0) is 24.5 Å². The standard InChI is InChI=1S/C17H25BrN2O/c1-20(12-14-8-4-5-9-15(14)18)16(21)17(13-19)10-6-2-3-7-11-17/h4-5,8-9H,2-3,6-7,10-13,19H2,1H3. The lowest BCUT2D eigenvalue weighted by molar-refractivity contribution is -0.141. The molecule has 1 aromatic carbocycles. The largest absolute Gasteiger partial charge is 0.341 e. The van der Waals surface area contributed by atoms with Gasteiger partial charge in [-0.25, -0.2) is 0 Å². The third-order valence-corrected chi connectivity index (χ3v) is 5.39. The number of carbonyl (C=O) groups excluding carboxylic acids is 1. The topological polar surface area (TPSA) is 46.3 Å². The van der Waals surface area contributed by atoms with E-state index in [0.717, 1.165) is 35.7 Å². The van der Waals surface area contributed by atoms with Crippen LogP contribution in [0.2, 0.25) is 0 Å². The zero-order valence-electron chi connectivity index (χ0n) is 12.8. The smallest absolute Gasteiger partial charge is 0.230 e. The molecule has 0 unspecified atom stereocenters. The van der Waals surface area contributed by atoms with Gasteiger partial charge < -0.3 is 10.6 Å². The third-order valence-electron chi connectivity index (χ3n) is 4.62. The highest BCUT2D eigenvalue weighted by molar-refractivity contribution is 9.10. The van der Waals surface area contributed by atoms with E-state index < -0.39 is 0 Å². The quantitative estimate of drug-likeness (QED) is 0.839. The van der Waals surface area contributed by atoms with Crippen molar-refractivity contribution >= 4 is 21.8 Å². The highest BCUT2D eigenvalue weighted by Gasteiger charge is 2.39. The number of nitrogens with zero attached hydrogens (tertiary/aromatic N) is 1. The summed E-state index contributed by atoms with van der Waals surface area (Å²) in [5.41, 5.74) is 6.81. The van der Waals surface area contributed by atoms with Gasteiger partial charge in [0.25, 0.3) is 0 Å². The van der Waals surface area contributed by atoms with Gasteiger partial charge in [0.05, 0.1) is 5.41 Å². The molecule has 4 heteroatoms.